The van der Waals surface area contributed by atoms with Gasteiger partial charge in [-0.1, -0.05) is 12.1 Å². The molecule has 142 valence electrons. The standard InChI is InChI=1S/C22H20BrN3OS/c1-13-14(12-27-19-9-5-3-7-17(19)23)10-20(28-13)21-15-6-2-4-8-18(15)26-22(25)16(21)11-24/h3,5,7,9-10H,2,4,6,8,12H2,1H3,(H2,25,26)/p+1. The second kappa shape index (κ2) is 7.94. The van der Waals surface area contributed by atoms with Gasteiger partial charge in [0.25, 0.3) is 5.82 Å². The normalized spacial score (nSPS) is 13.0. The van der Waals surface area contributed by atoms with E-state index in [1.807, 2.05) is 24.3 Å². The maximum absolute atomic E-state index is 9.75. The molecule has 6 heteroatoms. The highest BCUT2D eigenvalue weighted by Gasteiger charge is 2.26. The molecule has 28 heavy (non-hydrogen) atoms. The minimum Gasteiger partial charge on any atom is -0.488 e. The van der Waals surface area contributed by atoms with Crippen molar-refractivity contribution in [2.24, 2.45) is 0 Å². The summed E-state index contributed by atoms with van der Waals surface area (Å²) in [7, 11) is 0. The summed E-state index contributed by atoms with van der Waals surface area (Å²) >= 11 is 5.23. The van der Waals surface area contributed by atoms with Crippen LogP contribution in [0.1, 0.15) is 40.1 Å². The molecule has 0 radical (unpaired) electrons. The fourth-order valence-corrected chi connectivity index (χ4v) is 5.23. The molecule has 0 amide bonds. The number of nitriles is 1. The fraction of sp³-hybridized carbons (Fsp3) is 0.273. The second-order valence-electron chi connectivity index (χ2n) is 6.98. The van der Waals surface area contributed by atoms with Crippen LogP contribution in [-0.4, -0.2) is 0 Å². The van der Waals surface area contributed by atoms with Crippen molar-refractivity contribution >= 4 is 33.1 Å². The molecule has 3 N–H and O–H groups in total. The predicted molar refractivity (Wildman–Crippen MR) is 115 cm³/mol. The average molecular weight is 455 g/mol. The molecule has 1 aromatic carbocycles. The molecule has 1 aliphatic rings. The number of nitrogens with one attached hydrogen (secondary N) is 1. The zero-order chi connectivity index (χ0) is 19.7. The number of fused-ring (bicyclic) bond motifs is 1. The number of pyridine rings is 1. The smallest absolute Gasteiger partial charge is 0.289 e. The molecule has 0 spiro atoms. The maximum atomic E-state index is 9.75. The summed E-state index contributed by atoms with van der Waals surface area (Å²) in [6.07, 6.45) is 4.27. The first-order valence-electron chi connectivity index (χ1n) is 9.32. The van der Waals surface area contributed by atoms with Crippen molar-refractivity contribution < 1.29 is 9.72 Å². The highest BCUT2D eigenvalue weighted by Crippen LogP contribution is 2.39. The van der Waals surface area contributed by atoms with Gasteiger partial charge in [0, 0.05) is 32.9 Å². The first-order valence-corrected chi connectivity index (χ1v) is 10.9. The van der Waals surface area contributed by atoms with Crippen LogP contribution in [0.3, 0.4) is 0 Å². The number of hydrogen-bond donors (Lipinski definition) is 1. The van der Waals surface area contributed by atoms with Crippen LogP contribution in [0.4, 0.5) is 5.82 Å². The average Bonchev–Trinajstić information content (AvgIpc) is 3.06. The van der Waals surface area contributed by atoms with Gasteiger partial charge in [0.05, 0.1) is 4.47 Å². The van der Waals surface area contributed by atoms with E-state index in [4.69, 9.17) is 10.5 Å². The molecule has 0 bridgehead atoms. The van der Waals surface area contributed by atoms with Crippen LogP contribution in [0, 0.1) is 18.3 Å². The SMILES string of the molecule is Cc1sc(-c2c(C#N)c(N)[nH+]c3c2CCCC3)cc1COc1ccccc1Br. The Kier molecular flexibility index (Phi) is 5.38. The number of thiophene rings is 1. The molecule has 0 saturated heterocycles. The van der Waals surface area contributed by atoms with Crippen molar-refractivity contribution in [3.05, 3.63) is 62.1 Å². The number of aromatic nitrogens is 1. The number of H-pyrrole nitrogens is 1. The highest BCUT2D eigenvalue weighted by atomic mass is 79.9. The molecule has 2 heterocycles. The zero-order valence-corrected chi connectivity index (χ0v) is 18.0. The molecular weight excluding hydrogens is 434 g/mol. The van der Waals surface area contributed by atoms with Gasteiger partial charge in [-0.3, -0.25) is 5.73 Å². The van der Waals surface area contributed by atoms with Crippen LogP contribution in [0.2, 0.25) is 0 Å². The lowest BCUT2D eigenvalue weighted by molar-refractivity contribution is -0.374. The van der Waals surface area contributed by atoms with E-state index in [0.29, 0.717) is 18.0 Å². The maximum Gasteiger partial charge on any atom is 0.289 e. The third-order valence-corrected chi connectivity index (χ3v) is 6.94. The number of nitrogens with zero attached hydrogens (tertiary/aromatic N) is 1. The van der Waals surface area contributed by atoms with E-state index in [9.17, 15) is 5.26 Å². The number of aromatic amines is 1. The van der Waals surface area contributed by atoms with Crippen molar-refractivity contribution in [3.63, 3.8) is 0 Å². The van der Waals surface area contributed by atoms with Crippen molar-refractivity contribution in [1.29, 1.82) is 5.26 Å². The molecule has 4 nitrogen and oxygen atoms in total. The van der Waals surface area contributed by atoms with Gasteiger partial charge in [0.15, 0.2) is 0 Å². The zero-order valence-electron chi connectivity index (χ0n) is 15.6. The van der Waals surface area contributed by atoms with Crippen LogP contribution in [0.15, 0.2) is 34.8 Å². The van der Waals surface area contributed by atoms with E-state index < -0.39 is 0 Å². The number of benzene rings is 1. The molecular formula is C22H21BrN3OS+. The van der Waals surface area contributed by atoms with E-state index in [0.717, 1.165) is 51.9 Å². The number of halogens is 1. The Hall–Kier alpha value is -2.36. The molecule has 0 aliphatic heterocycles. The molecule has 0 saturated carbocycles. The summed E-state index contributed by atoms with van der Waals surface area (Å²) in [6, 6.07) is 12.3. The van der Waals surface area contributed by atoms with E-state index in [2.05, 4.69) is 40.0 Å². The number of para-hydroxylation sites is 1. The Balaban J connectivity index is 1.72. The number of nitrogens with two attached hydrogens (primary N) is 1. The number of anilines is 1. The Bertz CT molecular complexity index is 1080. The fourth-order valence-electron chi connectivity index (χ4n) is 3.72. The van der Waals surface area contributed by atoms with Crippen molar-refractivity contribution in [3.8, 4) is 22.3 Å². The van der Waals surface area contributed by atoms with E-state index >= 15 is 0 Å². The third kappa shape index (κ3) is 3.52. The third-order valence-electron chi connectivity index (χ3n) is 5.17. The minimum absolute atomic E-state index is 0.468. The van der Waals surface area contributed by atoms with E-state index in [-0.39, 0.29) is 0 Å². The van der Waals surface area contributed by atoms with Crippen LogP contribution < -0.4 is 15.5 Å². The first-order chi connectivity index (χ1) is 13.6. The van der Waals surface area contributed by atoms with Gasteiger partial charge in [-0.25, -0.2) is 4.98 Å². The summed E-state index contributed by atoms with van der Waals surface area (Å²) in [4.78, 5) is 5.55. The molecule has 0 atom stereocenters. The monoisotopic (exact) mass is 454 g/mol. The van der Waals surface area contributed by atoms with Crippen LogP contribution in [0.5, 0.6) is 5.75 Å². The van der Waals surface area contributed by atoms with Crippen LogP contribution in [-0.2, 0) is 19.4 Å². The minimum atomic E-state index is 0.468. The number of nitrogen functional groups attached to an aromatic ring is 1. The van der Waals surface area contributed by atoms with Gasteiger partial charge in [-0.05, 0) is 60.3 Å². The lowest BCUT2D eigenvalue weighted by Crippen LogP contribution is -2.24. The van der Waals surface area contributed by atoms with E-state index in [1.165, 1.54) is 16.1 Å². The molecule has 2 aromatic heterocycles. The summed E-state index contributed by atoms with van der Waals surface area (Å²) < 4.78 is 6.95. The Labute approximate surface area is 177 Å². The predicted octanol–water partition coefficient (Wildman–Crippen LogP) is 5.21. The lowest BCUT2D eigenvalue weighted by Gasteiger charge is -2.17. The lowest BCUT2D eigenvalue weighted by atomic mass is 9.89. The van der Waals surface area contributed by atoms with Gasteiger partial charge in [0.2, 0.25) is 0 Å². The molecule has 4 rings (SSSR count). The summed E-state index contributed by atoms with van der Waals surface area (Å²) in [5.41, 5.74) is 11.3. The van der Waals surface area contributed by atoms with Crippen molar-refractivity contribution in [1.82, 2.24) is 0 Å². The Morgan fingerprint density at radius 1 is 1.29 bits per heavy atom. The van der Waals surface area contributed by atoms with Crippen molar-refractivity contribution in [2.45, 2.75) is 39.2 Å². The molecule has 0 fully saturated rings. The summed E-state index contributed by atoms with van der Waals surface area (Å²) in [6.45, 7) is 2.59. The number of rotatable bonds is 4. The second-order valence-corrected chi connectivity index (χ2v) is 9.09. The number of aryl methyl sites for hydroxylation is 2. The molecule has 0 unspecified atom stereocenters. The van der Waals surface area contributed by atoms with Crippen LogP contribution in [0.25, 0.3) is 10.4 Å². The van der Waals surface area contributed by atoms with Crippen molar-refractivity contribution in [2.75, 3.05) is 5.73 Å². The Morgan fingerprint density at radius 2 is 2.07 bits per heavy atom. The first kappa shape index (κ1) is 19.0. The van der Waals surface area contributed by atoms with Gasteiger partial charge in [-0.2, -0.15) is 5.26 Å². The number of ether oxygens (including phenoxy) is 1. The molecule has 1 aliphatic carbocycles. The van der Waals surface area contributed by atoms with Gasteiger partial charge < -0.3 is 4.74 Å². The highest BCUT2D eigenvalue weighted by molar-refractivity contribution is 9.10. The number of hydrogen-bond acceptors (Lipinski definition) is 4. The van der Waals surface area contributed by atoms with E-state index in [1.54, 1.807) is 11.3 Å². The quantitative estimate of drug-likeness (QED) is 0.587. The summed E-state index contributed by atoms with van der Waals surface area (Å²) in [5, 5.41) is 9.75. The summed E-state index contributed by atoms with van der Waals surface area (Å²) in [5.74, 6) is 1.29. The van der Waals surface area contributed by atoms with Gasteiger partial charge >= 0.3 is 0 Å². The topological polar surface area (TPSA) is 73.2 Å². The largest absolute Gasteiger partial charge is 0.488 e. The molecule has 3 aromatic rings. The van der Waals surface area contributed by atoms with Gasteiger partial charge in [-0.15, -0.1) is 11.3 Å². The van der Waals surface area contributed by atoms with Gasteiger partial charge in [0.1, 0.15) is 29.7 Å². The Morgan fingerprint density at radius 3 is 2.86 bits per heavy atom. The van der Waals surface area contributed by atoms with Crippen LogP contribution >= 0.6 is 27.3 Å².